The van der Waals surface area contributed by atoms with Crippen molar-refractivity contribution in [3.05, 3.63) is 0 Å². The third kappa shape index (κ3) is 5.72. The van der Waals surface area contributed by atoms with Crippen LogP contribution in [0.3, 0.4) is 0 Å². The molecule has 0 saturated heterocycles. The highest BCUT2D eigenvalue weighted by atomic mass is 17.2. The van der Waals surface area contributed by atoms with E-state index in [0.717, 1.165) is 32.1 Å². The van der Waals surface area contributed by atoms with Crippen LogP contribution in [0, 0.1) is 46.3 Å². The van der Waals surface area contributed by atoms with Crippen molar-refractivity contribution in [2.24, 2.45) is 52.1 Å². The SMILES string of the molecule is CC(CCC(=O)OOC(=O)C(N)CCC(=O)O)C1CCC2C3C(O)CC4CC(O)CCC4(C)C3CC(O)C12C. The van der Waals surface area contributed by atoms with Crippen LogP contribution >= 0.6 is 0 Å². The summed E-state index contributed by atoms with van der Waals surface area (Å²) in [4.78, 5) is 43.9. The van der Waals surface area contributed by atoms with Crippen LogP contribution in [0.1, 0.15) is 91.4 Å². The van der Waals surface area contributed by atoms with Gasteiger partial charge >= 0.3 is 17.9 Å². The average Bonchev–Trinajstić information content (AvgIpc) is 3.24. The van der Waals surface area contributed by atoms with Gasteiger partial charge in [-0.05, 0) is 104 Å². The van der Waals surface area contributed by atoms with Crippen molar-refractivity contribution in [2.75, 3.05) is 0 Å². The summed E-state index contributed by atoms with van der Waals surface area (Å²) in [7, 11) is 0. The lowest BCUT2D eigenvalue weighted by Crippen LogP contribution is -2.62. The monoisotopic (exact) mass is 553 g/mol. The minimum absolute atomic E-state index is 0.0203. The topological polar surface area (TPSA) is 177 Å². The quantitative estimate of drug-likeness (QED) is 0.222. The van der Waals surface area contributed by atoms with E-state index in [1.165, 1.54) is 0 Å². The molecule has 0 aromatic rings. The Kier molecular flexibility index (Phi) is 9.01. The zero-order valence-corrected chi connectivity index (χ0v) is 23.5. The number of carbonyl (C=O) groups is 3. The number of aliphatic hydroxyl groups excluding tert-OH is 3. The number of aliphatic carboxylic acids is 1. The maximum absolute atomic E-state index is 12.3. The molecular weight excluding hydrogens is 506 g/mol. The Bertz CT molecular complexity index is 928. The molecule has 0 aliphatic heterocycles. The lowest BCUT2D eigenvalue weighted by atomic mass is 9.43. The fourth-order valence-electron chi connectivity index (χ4n) is 9.27. The van der Waals surface area contributed by atoms with Crippen LogP contribution < -0.4 is 5.73 Å². The smallest absolute Gasteiger partial charge is 0.372 e. The molecule has 39 heavy (non-hydrogen) atoms. The Labute approximate surface area is 230 Å². The summed E-state index contributed by atoms with van der Waals surface area (Å²) in [5.74, 6) is -1.69. The summed E-state index contributed by atoms with van der Waals surface area (Å²) in [5.41, 5.74) is 5.22. The van der Waals surface area contributed by atoms with Gasteiger partial charge in [0, 0.05) is 6.42 Å². The van der Waals surface area contributed by atoms with Gasteiger partial charge in [-0.15, -0.1) is 0 Å². The van der Waals surface area contributed by atoms with Crippen molar-refractivity contribution >= 4 is 17.9 Å². The normalized spacial score (nSPS) is 42.8. The van der Waals surface area contributed by atoms with Crippen molar-refractivity contribution in [1.82, 2.24) is 0 Å². The summed E-state index contributed by atoms with van der Waals surface area (Å²) >= 11 is 0. The van der Waals surface area contributed by atoms with E-state index < -0.39 is 36.2 Å². The molecule has 10 nitrogen and oxygen atoms in total. The molecule has 0 bridgehead atoms. The highest BCUT2D eigenvalue weighted by Crippen LogP contribution is 2.68. The molecule has 6 N–H and O–H groups in total. The van der Waals surface area contributed by atoms with Crippen LogP contribution in [0.15, 0.2) is 0 Å². The minimum atomic E-state index is -1.19. The van der Waals surface area contributed by atoms with Gasteiger partial charge in [0.25, 0.3) is 0 Å². The van der Waals surface area contributed by atoms with Crippen molar-refractivity contribution in [3.8, 4) is 0 Å². The number of carbonyl (C=O) groups excluding carboxylic acids is 2. The molecule has 0 amide bonds. The van der Waals surface area contributed by atoms with Gasteiger partial charge in [0.2, 0.25) is 0 Å². The first-order valence-corrected chi connectivity index (χ1v) is 14.7. The highest BCUT2D eigenvalue weighted by Gasteiger charge is 2.65. The van der Waals surface area contributed by atoms with E-state index >= 15 is 0 Å². The number of carboxylic acid groups (broad SMARTS) is 1. The molecule has 12 atom stereocenters. The van der Waals surface area contributed by atoms with Gasteiger partial charge < -0.3 is 26.2 Å². The van der Waals surface area contributed by atoms with Gasteiger partial charge in [0.15, 0.2) is 0 Å². The molecule has 0 heterocycles. The number of hydrogen-bond donors (Lipinski definition) is 5. The van der Waals surface area contributed by atoms with Crippen molar-refractivity contribution < 1.29 is 44.6 Å². The molecule has 4 fully saturated rings. The summed E-state index contributed by atoms with van der Waals surface area (Å²) in [6, 6.07) is -1.19. The molecule has 4 rings (SSSR count). The lowest BCUT2D eigenvalue weighted by Gasteiger charge is -2.63. The third-order valence-electron chi connectivity index (χ3n) is 11.5. The average molecular weight is 554 g/mol. The van der Waals surface area contributed by atoms with E-state index in [-0.39, 0.29) is 71.7 Å². The second kappa shape index (κ2) is 11.6. The van der Waals surface area contributed by atoms with Crippen LogP contribution in [0.2, 0.25) is 0 Å². The van der Waals surface area contributed by atoms with Crippen molar-refractivity contribution in [1.29, 1.82) is 0 Å². The Morgan fingerprint density at radius 1 is 0.949 bits per heavy atom. The van der Waals surface area contributed by atoms with Gasteiger partial charge in [-0.25, -0.2) is 19.4 Å². The first kappa shape index (κ1) is 30.2. The van der Waals surface area contributed by atoms with E-state index in [9.17, 15) is 29.7 Å². The van der Waals surface area contributed by atoms with Gasteiger partial charge in [-0.3, -0.25) is 4.79 Å². The van der Waals surface area contributed by atoms with E-state index in [1.807, 2.05) is 0 Å². The molecular formula is C29H47NO9. The van der Waals surface area contributed by atoms with Gasteiger partial charge in [-0.2, -0.15) is 0 Å². The number of hydrogen-bond acceptors (Lipinski definition) is 9. The number of carboxylic acids is 1. The largest absolute Gasteiger partial charge is 0.481 e. The van der Waals surface area contributed by atoms with Gasteiger partial charge in [0.05, 0.1) is 24.7 Å². The third-order valence-corrected chi connectivity index (χ3v) is 11.5. The lowest BCUT2D eigenvalue weighted by molar-refractivity contribution is -0.260. The maximum atomic E-state index is 12.3. The van der Waals surface area contributed by atoms with E-state index in [0.29, 0.717) is 19.3 Å². The molecule has 4 saturated carbocycles. The fourth-order valence-corrected chi connectivity index (χ4v) is 9.27. The van der Waals surface area contributed by atoms with Gasteiger partial charge in [-0.1, -0.05) is 20.8 Å². The van der Waals surface area contributed by atoms with Crippen LogP contribution in [0.4, 0.5) is 0 Å². The molecule has 12 unspecified atom stereocenters. The van der Waals surface area contributed by atoms with Gasteiger partial charge in [0.1, 0.15) is 6.04 Å². The first-order chi connectivity index (χ1) is 18.3. The number of aliphatic hydroxyl groups is 3. The Hall–Kier alpha value is -1.75. The molecule has 0 aromatic carbocycles. The Balaban J connectivity index is 1.35. The van der Waals surface area contributed by atoms with Crippen LogP contribution in [-0.4, -0.2) is 62.7 Å². The molecule has 10 heteroatoms. The predicted molar refractivity (Wildman–Crippen MR) is 139 cm³/mol. The maximum Gasteiger partial charge on any atom is 0.372 e. The zero-order valence-electron chi connectivity index (χ0n) is 23.5. The predicted octanol–water partition coefficient (Wildman–Crippen LogP) is 2.56. The summed E-state index contributed by atoms with van der Waals surface area (Å²) in [5, 5.41) is 42.0. The van der Waals surface area contributed by atoms with Crippen LogP contribution in [0.5, 0.6) is 0 Å². The minimum Gasteiger partial charge on any atom is -0.481 e. The summed E-state index contributed by atoms with van der Waals surface area (Å²) in [6.45, 7) is 6.56. The molecule has 0 radical (unpaired) electrons. The van der Waals surface area contributed by atoms with Crippen molar-refractivity contribution in [2.45, 2.75) is 116 Å². The van der Waals surface area contributed by atoms with E-state index in [4.69, 9.17) is 10.8 Å². The van der Waals surface area contributed by atoms with E-state index in [2.05, 4.69) is 30.5 Å². The number of rotatable bonds is 8. The standard InChI is InChI=1S/C29H47NO9/c1-15(4-9-25(36)38-39-27(37)21(30)7-8-24(34)35)18-5-6-19-26-20(14-23(33)29(18,19)3)28(2)11-10-17(31)12-16(28)13-22(26)32/h15-23,26,31-33H,4-14,30H2,1-3H3,(H,34,35). The molecule has 0 spiro atoms. The number of nitrogens with two attached hydrogens (primary N) is 1. The molecule has 4 aliphatic rings. The summed E-state index contributed by atoms with van der Waals surface area (Å²) < 4.78 is 0. The first-order valence-electron chi connectivity index (χ1n) is 14.7. The Morgan fingerprint density at radius 2 is 1.67 bits per heavy atom. The second-order valence-electron chi connectivity index (χ2n) is 13.4. The van der Waals surface area contributed by atoms with Crippen LogP contribution in [0.25, 0.3) is 0 Å². The molecule has 222 valence electrons. The highest BCUT2D eigenvalue weighted by molar-refractivity contribution is 5.77. The molecule has 0 aromatic heterocycles. The van der Waals surface area contributed by atoms with Crippen molar-refractivity contribution in [3.63, 3.8) is 0 Å². The van der Waals surface area contributed by atoms with E-state index in [1.54, 1.807) is 0 Å². The summed E-state index contributed by atoms with van der Waals surface area (Å²) in [6.07, 6.45) is 4.52. The fraction of sp³-hybridized carbons (Fsp3) is 0.897. The number of fused-ring (bicyclic) bond motifs is 5. The second-order valence-corrected chi connectivity index (χ2v) is 13.4. The molecule has 4 aliphatic carbocycles. The Morgan fingerprint density at radius 3 is 2.36 bits per heavy atom. The van der Waals surface area contributed by atoms with Crippen LogP contribution in [-0.2, 0) is 24.2 Å². The zero-order chi connectivity index (χ0) is 28.7.